The van der Waals surface area contributed by atoms with Gasteiger partial charge in [-0.1, -0.05) is 47.0 Å². The Morgan fingerprint density at radius 1 is 0.975 bits per heavy atom. The molecule has 232 valence electrons. The molecule has 2 amide bonds. The van der Waals surface area contributed by atoms with Crippen molar-refractivity contribution in [3.05, 3.63) is 0 Å². The van der Waals surface area contributed by atoms with E-state index in [1.54, 1.807) is 27.4 Å². The lowest BCUT2D eigenvalue weighted by Gasteiger charge is -2.45. The minimum atomic E-state index is -2.63. The number of isocyanates is 1. The van der Waals surface area contributed by atoms with E-state index in [-0.39, 0.29) is 28.9 Å². The third kappa shape index (κ3) is 14.2. The van der Waals surface area contributed by atoms with E-state index in [0.29, 0.717) is 44.8 Å². The number of rotatable bonds is 20. The lowest BCUT2D eigenvalue weighted by atomic mass is 9.63. The van der Waals surface area contributed by atoms with Gasteiger partial charge in [0.2, 0.25) is 12.0 Å². The SMILES string of the molecule is CCCCCCC(CCCC(=O)NCCC[Si](OC)(OC)OC)OC(=O)NCC1(C)CC(N=C=O)CC(C)(C)C1. The number of alkyl carbamates (subject to hydrolysis) is 1. The third-order valence-corrected chi connectivity index (χ3v) is 10.6. The molecule has 3 atom stereocenters. The topological polar surface area (TPSA) is 125 Å². The van der Waals surface area contributed by atoms with Crippen LogP contribution in [0, 0.1) is 10.8 Å². The van der Waals surface area contributed by atoms with E-state index in [2.05, 4.69) is 43.3 Å². The average molecular weight is 586 g/mol. The fourth-order valence-electron chi connectivity index (χ4n) is 6.09. The summed E-state index contributed by atoms with van der Waals surface area (Å²) in [6, 6.07) is 0.548. The number of carbonyl (C=O) groups excluding carboxylic acids is 3. The maximum atomic E-state index is 12.8. The van der Waals surface area contributed by atoms with Crippen molar-refractivity contribution in [3.8, 4) is 0 Å². The standard InChI is InChI=1S/C29H55N3O7Si/c1-8-9-10-11-14-25(15-12-16-26(34)30-17-13-18-40(36-5,37-6)38-7)39-27(35)31-22-29(4)20-24(32-23-33)19-28(2,3)21-29/h24-25H,8-22H2,1-7H3,(H,30,34)(H,31,35). The smallest absolute Gasteiger partial charge is 0.446 e. The van der Waals surface area contributed by atoms with Gasteiger partial charge in [0.25, 0.3) is 0 Å². The molecular formula is C29H55N3O7Si. The van der Waals surface area contributed by atoms with Crippen LogP contribution in [0.5, 0.6) is 0 Å². The predicted molar refractivity (Wildman–Crippen MR) is 158 cm³/mol. The molecule has 0 spiro atoms. The van der Waals surface area contributed by atoms with Gasteiger partial charge in [0, 0.05) is 46.9 Å². The fraction of sp³-hybridized carbons (Fsp3) is 0.897. The van der Waals surface area contributed by atoms with Gasteiger partial charge in [-0.2, -0.15) is 0 Å². The van der Waals surface area contributed by atoms with Crippen molar-refractivity contribution in [2.45, 2.75) is 123 Å². The monoisotopic (exact) mass is 585 g/mol. The summed E-state index contributed by atoms with van der Waals surface area (Å²) >= 11 is 0. The molecule has 0 aliphatic heterocycles. The molecule has 1 aliphatic carbocycles. The summed E-state index contributed by atoms with van der Waals surface area (Å²) in [4.78, 5) is 40.0. The molecule has 0 bridgehead atoms. The van der Waals surface area contributed by atoms with E-state index in [9.17, 15) is 14.4 Å². The molecule has 0 aromatic carbocycles. The second kappa shape index (κ2) is 18.6. The van der Waals surface area contributed by atoms with E-state index in [4.69, 9.17) is 18.0 Å². The van der Waals surface area contributed by atoms with Crippen molar-refractivity contribution in [3.63, 3.8) is 0 Å². The van der Waals surface area contributed by atoms with Crippen LogP contribution in [0.3, 0.4) is 0 Å². The molecule has 1 aliphatic rings. The van der Waals surface area contributed by atoms with Crippen molar-refractivity contribution in [2.75, 3.05) is 34.4 Å². The van der Waals surface area contributed by atoms with Crippen molar-refractivity contribution < 1.29 is 32.4 Å². The lowest BCUT2D eigenvalue weighted by Crippen LogP contribution is -2.45. The first-order chi connectivity index (χ1) is 19.0. The number of aliphatic imine (C=N–C) groups is 1. The van der Waals surface area contributed by atoms with E-state index < -0.39 is 14.9 Å². The molecule has 0 heterocycles. The average Bonchev–Trinajstić information content (AvgIpc) is 2.89. The number of nitrogens with one attached hydrogen (secondary N) is 2. The van der Waals surface area contributed by atoms with Crippen molar-refractivity contribution in [1.82, 2.24) is 10.6 Å². The maximum absolute atomic E-state index is 12.8. The van der Waals surface area contributed by atoms with Gasteiger partial charge in [-0.15, -0.1) is 0 Å². The van der Waals surface area contributed by atoms with Crippen LogP contribution >= 0.6 is 0 Å². The number of unbranched alkanes of at least 4 members (excludes halogenated alkanes) is 3. The van der Waals surface area contributed by atoms with Crippen LogP contribution in [-0.4, -0.2) is 73.4 Å². The van der Waals surface area contributed by atoms with Crippen LogP contribution in [-0.2, 0) is 27.6 Å². The lowest BCUT2D eigenvalue weighted by molar-refractivity contribution is -0.121. The Labute approximate surface area is 243 Å². The van der Waals surface area contributed by atoms with E-state index in [1.165, 1.54) is 0 Å². The highest BCUT2D eigenvalue weighted by molar-refractivity contribution is 6.60. The Balaban J connectivity index is 2.53. The van der Waals surface area contributed by atoms with Gasteiger partial charge >= 0.3 is 14.9 Å². The Bertz CT molecular complexity index is 794. The molecule has 1 rings (SSSR count). The third-order valence-electron chi connectivity index (χ3n) is 7.81. The molecule has 0 aromatic rings. The van der Waals surface area contributed by atoms with E-state index >= 15 is 0 Å². The van der Waals surface area contributed by atoms with Crippen LogP contribution in [0.15, 0.2) is 4.99 Å². The zero-order valence-electron chi connectivity index (χ0n) is 26.1. The summed E-state index contributed by atoms with van der Waals surface area (Å²) in [7, 11) is 2.11. The van der Waals surface area contributed by atoms with Gasteiger partial charge in [-0.05, 0) is 62.2 Å². The highest BCUT2D eigenvalue weighted by Gasteiger charge is 2.41. The van der Waals surface area contributed by atoms with Crippen LogP contribution in [0.25, 0.3) is 0 Å². The van der Waals surface area contributed by atoms with Crippen molar-refractivity contribution >= 4 is 26.9 Å². The normalized spacial score (nSPS) is 21.2. The molecule has 1 saturated carbocycles. The zero-order valence-corrected chi connectivity index (χ0v) is 27.1. The summed E-state index contributed by atoms with van der Waals surface area (Å²) in [5.74, 6) is -0.0194. The van der Waals surface area contributed by atoms with Gasteiger partial charge in [0.05, 0.1) is 6.04 Å². The van der Waals surface area contributed by atoms with Crippen molar-refractivity contribution in [2.24, 2.45) is 15.8 Å². The molecule has 0 aromatic heterocycles. The summed E-state index contributed by atoms with van der Waals surface area (Å²) in [6.45, 7) is 9.63. The summed E-state index contributed by atoms with van der Waals surface area (Å²) in [6.07, 6.45) is 11.1. The van der Waals surface area contributed by atoms with Crippen molar-refractivity contribution in [1.29, 1.82) is 0 Å². The van der Waals surface area contributed by atoms with Gasteiger partial charge in [0.15, 0.2) is 0 Å². The molecule has 40 heavy (non-hydrogen) atoms. The molecule has 10 nitrogen and oxygen atoms in total. The zero-order chi connectivity index (χ0) is 30.1. The fourth-order valence-corrected chi connectivity index (χ4v) is 7.81. The summed E-state index contributed by atoms with van der Waals surface area (Å²) in [5.41, 5.74) is -0.160. The summed E-state index contributed by atoms with van der Waals surface area (Å²) < 4.78 is 22.1. The first-order valence-corrected chi connectivity index (χ1v) is 16.8. The highest BCUT2D eigenvalue weighted by atomic mass is 28.4. The first-order valence-electron chi connectivity index (χ1n) is 14.9. The maximum Gasteiger partial charge on any atom is 0.500 e. The molecule has 11 heteroatoms. The van der Waals surface area contributed by atoms with Crippen LogP contribution in [0.1, 0.15) is 105 Å². The van der Waals surface area contributed by atoms with E-state index in [0.717, 1.165) is 51.4 Å². The quantitative estimate of drug-likeness (QED) is 0.0833. The number of amides is 2. The highest BCUT2D eigenvalue weighted by Crippen LogP contribution is 2.46. The second-order valence-corrected chi connectivity index (χ2v) is 15.4. The second-order valence-electron chi connectivity index (χ2n) is 12.3. The first kappa shape index (κ1) is 36.2. The van der Waals surface area contributed by atoms with E-state index in [1.807, 2.05) is 0 Å². The largest absolute Gasteiger partial charge is 0.500 e. The number of nitrogens with zero attached hydrogens (tertiary/aromatic N) is 1. The Kier molecular flexibility index (Phi) is 16.9. The molecule has 1 fully saturated rings. The number of hydrogen-bond acceptors (Lipinski definition) is 8. The molecular weight excluding hydrogens is 530 g/mol. The number of carbonyl (C=O) groups is 2. The summed E-state index contributed by atoms with van der Waals surface area (Å²) in [5, 5.41) is 5.92. The van der Waals surface area contributed by atoms with Gasteiger partial charge in [-0.3, -0.25) is 4.79 Å². The minimum absolute atomic E-state index is 0.0194. The molecule has 0 radical (unpaired) electrons. The van der Waals surface area contributed by atoms with Crippen LogP contribution in [0.4, 0.5) is 4.79 Å². The number of ether oxygens (including phenoxy) is 1. The van der Waals surface area contributed by atoms with Gasteiger partial charge in [-0.25, -0.2) is 14.6 Å². The molecule has 3 unspecified atom stereocenters. The van der Waals surface area contributed by atoms with Crippen LogP contribution < -0.4 is 10.6 Å². The Hall–Kier alpha value is -1.78. The van der Waals surface area contributed by atoms with Gasteiger partial charge in [0.1, 0.15) is 6.10 Å². The molecule has 0 saturated heterocycles. The predicted octanol–water partition coefficient (Wildman–Crippen LogP) is 5.53. The Morgan fingerprint density at radius 3 is 2.27 bits per heavy atom. The van der Waals surface area contributed by atoms with Crippen LogP contribution in [0.2, 0.25) is 6.04 Å². The Morgan fingerprint density at radius 2 is 1.65 bits per heavy atom. The van der Waals surface area contributed by atoms with Gasteiger partial charge < -0.3 is 28.6 Å². The minimum Gasteiger partial charge on any atom is -0.446 e. The molecule has 2 N–H and O–H groups in total. The number of hydrogen-bond donors (Lipinski definition) is 2.